The molecule has 1 fully saturated rings. The summed E-state index contributed by atoms with van der Waals surface area (Å²) in [5.41, 5.74) is 1.43. The highest BCUT2D eigenvalue weighted by molar-refractivity contribution is 7.91. The Balaban J connectivity index is 2.19. The molecule has 2 aromatic rings. The van der Waals surface area contributed by atoms with Gasteiger partial charge in [-0.3, -0.25) is 0 Å². The molecule has 1 aliphatic rings. The number of sulfone groups is 1. The van der Waals surface area contributed by atoms with Gasteiger partial charge in [-0.05, 0) is 31.0 Å². The summed E-state index contributed by atoms with van der Waals surface area (Å²) in [6.45, 7) is 1.87. The van der Waals surface area contributed by atoms with Crippen molar-refractivity contribution in [1.29, 1.82) is 0 Å². The predicted octanol–water partition coefficient (Wildman–Crippen LogP) is 1.24. The number of nitrogens with zero attached hydrogens (tertiary/aromatic N) is 2. The van der Waals surface area contributed by atoms with E-state index in [1.165, 1.54) is 0 Å². The summed E-state index contributed by atoms with van der Waals surface area (Å²) in [4.78, 5) is 15.5. The van der Waals surface area contributed by atoms with E-state index in [1.807, 2.05) is 13.0 Å². The highest BCUT2D eigenvalue weighted by Gasteiger charge is 2.33. The molecule has 1 aliphatic heterocycles. The lowest BCUT2D eigenvalue weighted by Crippen LogP contribution is -2.07. The first kappa shape index (κ1) is 13.1. The van der Waals surface area contributed by atoms with E-state index in [9.17, 15) is 18.3 Å². The van der Waals surface area contributed by atoms with Crippen LogP contribution < -0.4 is 0 Å². The first-order valence-corrected chi connectivity index (χ1v) is 8.12. The van der Waals surface area contributed by atoms with Crippen LogP contribution in [0.5, 0.6) is 0 Å². The van der Waals surface area contributed by atoms with Crippen molar-refractivity contribution >= 4 is 21.3 Å². The molecule has 106 valence electrons. The van der Waals surface area contributed by atoms with Crippen LogP contribution in [-0.2, 0) is 9.84 Å². The first-order valence-electron chi connectivity index (χ1n) is 6.30. The fourth-order valence-electron chi connectivity index (χ4n) is 2.66. The van der Waals surface area contributed by atoms with Crippen LogP contribution in [0.15, 0.2) is 18.3 Å². The van der Waals surface area contributed by atoms with Crippen LogP contribution in [0, 0.1) is 6.92 Å². The van der Waals surface area contributed by atoms with Gasteiger partial charge in [0.15, 0.2) is 15.5 Å². The summed E-state index contributed by atoms with van der Waals surface area (Å²) in [5.74, 6) is -0.623. The number of aromatic carboxylic acids is 1. The van der Waals surface area contributed by atoms with Gasteiger partial charge in [-0.25, -0.2) is 18.2 Å². The van der Waals surface area contributed by atoms with E-state index < -0.39 is 15.8 Å². The molecule has 6 nitrogen and oxygen atoms in total. The molecule has 3 rings (SSSR count). The number of fused-ring (bicyclic) bond motifs is 1. The number of pyridine rings is 1. The second kappa shape index (κ2) is 4.31. The van der Waals surface area contributed by atoms with Gasteiger partial charge in [0.05, 0.1) is 17.0 Å². The Bertz CT molecular complexity index is 807. The molecule has 0 spiro atoms. The van der Waals surface area contributed by atoms with Gasteiger partial charge in [-0.2, -0.15) is 0 Å². The number of imidazole rings is 1. The lowest BCUT2D eigenvalue weighted by Gasteiger charge is -2.06. The third kappa shape index (κ3) is 2.07. The maximum atomic E-state index is 11.6. The molecule has 0 bridgehead atoms. The molecule has 1 N–H and O–H groups in total. The highest BCUT2D eigenvalue weighted by atomic mass is 32.2. The topological polar surface area (TPSA) is 88.7 Å². The average molecular weight is 294 g/mol. The van der Waals surface area contributed by atoms with Crippen molar-refractivity contribution < 1.29 is 18.3 Å². The number of carbonyl (C=O) groups is 1. The van der Waals surface area contributed by atoms with Crippen LogP contribution in [-0.4, -0.2) is 40.4 Å². The standard InChI is InChI=1S/C13H14N2O4S/c1-8-2-4-15-10(6-8)11(13(16)17)14-12(15)9-3-5-20(18,19)7-9/h2,4,6,9H,3,5,7H2,1H3,(H,16,17). The fourth-order valence-corrected chi connectivity index (χ4v) is 4.40. The SMILES string of the molecule is Cc1ccn2c(C3CCS(=O)(=O)C3)nc(C(=O)O)c2c1. The van der Waals surface area contributed by atoms with E-state index in [0.717, 1.165) is 5.56 Å². The number of carboxylic acid groups (broad SMARTS) is 1. The van der Waals surface area contributed by atoms with Crippen molar-refractivity contribution in [2.45, 2.75) is 19.3 Å². The molecule has 1 unspecified atom stereocenters. The molecule has 0 aromatic carbocycles. The van der Waals surface area contributed by atoms with Gasteiger partial charge in [0.1, 0.15) is 5.82 Å². The Labute approximate surface area is 116 Å². The number of rotatable bonds is 2. The molecule has 0 radical (unpaired) electrons. The van der Waals surface area contributed by atoms with E-state index in [0.29, 0.717) is 17.8 Å². The first-order chi connectivity index (χ1) is 9.37. The summed E-state index contributed by atoms with van der Waals surface area (Å²) in [6, 6.07) is 3.61. The average Bonchev–Trinajstić information content (AvgIpc) is 2.89. The van der Waals surface area contributed by atoms with Gasteiger partial charge >= 0.3 is 5.97 Å². The summed E-state index contributed by atoms with van der Waals surface area (Å²) >= 11 is 0. The number of hydrogen-bond donors (Lipinski definition) is 1. The van der Waals surface area contributed by atoms with Crippen molar-refractivity contribution in [3.05, 3.63) is 35.4 Å². The van der Waals surface area contributed by atoms with E-state index in [1.54, 1.807) is 16.7 Å². The second-order valence-electron chi connectivity index (χ2n) is 5.18. The molecule has 0 saturated carbocycles. The fraction of sp³-hybridized carbons (Fsp3) is 0.385. The molecule has 7 heteroatoms. The van der Waals surface area contributed by atoms with E-state index in [4.69, 9.17) is 0 Å². The Morgan fingerprint density at radius 3 is 2.85 bits per heavy atom. The number of aryl methyl sites for hydroxylation is 1. The van der Waals surface area contributed by atoms with Crippen molar-refractivity contribution in [3.8, 4) is 0 Å². The molecular formula is C13H14N2O4S. The van der Waals surface area contributed by atoms with Gasteiger partial charge in [0.2, 0.25) is 0 Å². The monoisotopic (exact) mass is 294 g/mol. The molecule has 0 aliphatic carbocycles. The number of hydrogen-bond acceptors (Lipinski definition) is 4. The normalized spacial score (nSPS) is 21.4. The third-order valence-electron chi connectivity index (χ3n) is 3.63. The maximum Gasteiger partial charge on any atom is 0.356 e. The van der Waals surface area contributed by atoms with Crippen LogP contribution in [0.3, 0.4) is 0 Å². The van der Waals surface area contributed by atoms with Crippen LogP contribution >= 0.6 is 0 Å². The second-order valence-corrected chi connectivity index (χ2v) is 7.41. The highest BCUT2D eigenvalue weighted by Crippen LogP contribution is 2.30. The molecule has 1 atom stereocenters. The van der Waals surface area contributed by atoms with Gasteiger partial charge < -0.3 is 9.51 Å². The molecule has 20 heavy (non-hydrogen) atoms. The molecule has 2 aromatic heterocycles. The van der Waals surface area contributed by atoms with Crippen molar-refractivity contribution in [1.82, 2.24) is 9.38 Å². The zero-order chi connectivity index (χ0) is 14.5. The molecular weight excluding hydrogens is 280 g/mol. The molecule has 0 amide bonds. The van der Waals surface area contributed by atoms with Crippen molar-refractivity contribution in [2.75, 3.05) is 11.5 Å². The Morgan fingerprint density at radius 2 is 2.25 bits per heavy atom. The summed E-state index contributed by atoms with van der Waals surface area (Å²) in [6.07, 6.45) is 2.25. The van der Waals surface area contributed by atoms with Crippen LogP contribution in [0.25, 0.3) is 5.52 Å². The Morgan fingerprint density at radius 1 is 1.50 bits per heavy atom. The minimum atomic E-state index is -3.03. The largest absolute Gasteiger partial charge is 0.476 e. The summed E-state index contributed by atoms with van der Waals surface area (Å²) in [5, 5.41) is 9.24. The van der Waals surface area contributed by atoms with E-state index in [-0.39, 0.29) is 23.1 Å². The van der Waals surface area contributed by atoms with Gasteiger partial charge in [-0.15, -0.1) is 0 Å². The minimum Gasteiger partial charge on any atom is -0.476 e. The smallest absolute Gasteiger partial charge is 0.356 e. The quantitative estimate of drug-likeness (QED) is 0.900. The van der Waals surface area contributed by atoms with E-state index in [2.05, 4.69) is 4.98 Å². The summed E-state index contributed by atoms with van der Waals surface area (Å²) in [7, 11) is -3.03. The zero-order valence-corrected chi connectivity index (χ0v) is 11.7. The third-order valence-corrected chi connectivity index (χ3v) is 5.39. The Hall–Kier alpha value is -1.89. The van der Waals surface area contributed by atoms with Crippen LogP contribution in [0.2, 0.25) is 0 Å². The molecule has 3 heterocycles. The maximum absolute atomic E-state index is 11.6. The van der Waals surface area contributed by atoms with Crippen LogP contribution in [0.4, 0.5) is 0 Å². The number of aromatic nitrogens is 2. The lowest BCUT2D eigenvalue weighted by molar-refractivity contribution is 0.0693. The van der Waals surface area contributed by atoms with E-state index >= 15 is 0 Å². The van der Waals surface area contributed by atoms with Gasteiger partial charge in [0.25, 0.3) is 0 Å². The van der Waals surface area contributed by atoms with Crippen LogP contribution in [0.1, 0.15) is 34.2 Å². The van der Waals surface area contributed by atoms with Crippen molar-refractivity contribution in [3.63, 3.8) is 0 Å². The lowest BCUT2D eigenvalue weighted by atomic mass is 10.1. The molecule has 1 saturated heterocycles. The minimum absolute atomic E-state index is 0.0204. The zero-order valence-electron chi connectivity index (χ0n) is 10.9. The number of carboxylic acids is 1. The Kier molecular flexibility index (Phi) is 2.82. The predicted molar refractivity (Wildman–Crippen MR) is 72.9 cm³/mol. The van der Waals surface area contributed by atoms with Crippen molar-refractivity contribution in [2.24, 2.45) is 0 Å². The van der Waals surface area contributed by atoms with Gasteiger partial charge in [0, 0.05) is 12.1 Å². The van der Waals surface area contributed by atoms with Gasteiger partial charge in [-0.1, -0.05) is 0 Å². The summed E-state index contributed by atoms with van der Waals surface area (Å²) < 4.78 is 24.9.